The molecule has 29 heavy (non-hydrogen) atoms. The first-order valence-corrected chi connectivity index (χ1v) is 8.92. The summed E-state index contributed by atoms with van der Waals surface area (Å²) in [4.78, 5) is 23.9. The Balaban J connectivity index is 2.04. The zero-order chi connectivity index (χ0) is 21.1. The van der Waals surface area contributed by atoms with Crippen molar-refractivity contribution in [3.05, 3.63) is 59.7 Å². The molecule has 0 aliphatic carbocycles. The zero-order valence-electron chi connectivity index (χ0n) is 16.2. The monoisotopic (exact) mass is 395 g/mol. The summed E-state index contributed by atoms with van der Waals surface area (Å²) < 4.78 is 20.9. The Morgan fingerprint density at radius 3 is 2.48 bits per heavy atom. The lowest BCUT2D eigenvalue weighted by Crippen LogP contribution is -2.08. The average Bonchev–Trinajstić information content (AvgIpc) is 2.73. The number of carbonyl (C=O) groups excluding carboxylic acids is 2. The van der Waals surface area contributed by atoms with E-state index in [0.717, 1.165) is 0 Å². The molecule has 0 N–H and O–H groups in total. The molecule has 0 saturated heterocycles. The van der Waals surface area contributed by atoms with Crippen molar-refractivity contribution in [2.24, 2.45) is 0 Å². The predicted molar refractivity (Wildman–Crippen MR) is 106 cm³/mol. The van der Waals surface area contributed by atoms with Gasteiger partial charge in [-0.15, -0.1) is 0 Å². The highest BCUT2D eigenvalue weighted by Crippen LogP contribution is 2.26. The molecule has 0 atom stereocenters. The van der Waals surface area contributed by atoms with Gasteiger partial charge in [0.15, 0.2) is 0 Å². The molecule has 7 heteroatoms. The lowest BCUT2D eigenvalue weighted by Gasteiger charge is -2.09. The SMILES string of the molecule is CCOc1ccc(C(=O)Oc2ccc(/C=C/C(=O)OCCC#N)c(OC)c2)cc1. The smallest absolute Gasteiger partial charge is 0.343 e. The minimum absolute atomic E-state index is 0.0389. The van der Waals surface area contributed by atoms with Gasteiger partial charge in [0.05, 0.1) is 31.8 Å². The highest BCUT2D eigenvalue weighted by molar-refractivity contribution is 5.91. The molecule has 0 unspecified atom stereocenters. The standard InChI is InChI=1S/C22H21NO6/c1-3-27-18-9-6-17(7-10-18)22(25)29-19-11-5-16(20(15-19)26-2)8-12-21(24)28-14-4-13-23/h5-12,15H,3-4,14H2,1-2H3/b12-8+. The van der Waals surface area contributed by atoms with Crippen LogP contribution in [0.4, 0.5) is 0 Å². The Morgan fingerprint density at radius 1 is 1.10 bits per heavy atom. The third-order valence-electron chi connectivity index (χ3n) is 3.67. The molecule has 0 saturated carbocycles. The summed E-state index contributed by atoms with van der Waals surface area (Å²) in [7, 11) is 1.47. The van der Waals surface area contributed by atoms with Gasteiger partial charge >= 0.3 is 11.9 Å². The number of methoxy groups -OCH3 is 1. The fourth-order valence-corrected chi connectivity index (χ4v) is 2.32. The van der Waals surface area contributed by atoms with Crippen molar-refractivity contribution in [3.8, 4) is 23.3 Å². The van der Waals surface area contributed by atoms with E-state index >= 15 is 0 Å². The molecule has 0 bridgehead atoms. The molecule has 0 aliphatic rings. The van der Waals surface area contributed by atoms with Gasteiger partial charge in [0, 0.05) is 17.7 Å². The topological polar surface area (TPSA) is 94.9 Å². The van der Waals surface area contributed by atoms with Crippen molar-refractivity contribution in [3.63, 3.8) is 0 Å². The molecular weight excluding hydrogens is 374 g/mol. The van der Waals surface area contributed by atoms with Crippen LogP contribution >= 0.6 is 0 Å². The largest absolute Gasteiger partial charge is 0.496 e. The highest BCUT2D eigenvalue weighted by atomic mass is 16.5. The molecule has 0 radical (unpaired) electrons. The maximum Gasteiger partial charge on any atom is 0.343 e. The van der Waals surface area contributed by atoms with Crippen LogP contribution in [-0.2, 0) is 9.53 Å². The third-order valence-corrected chi connectivity index (χ3v) is 3.67. The minimum Gasteiger partial charge on any atom is -0.496 e. The van der Waals surface area contributed by atoms with Gasteiger partial charge in [0.1, 0.15) is 23.9 Å². The van der Waals surface area contributed by atoms with Crippen LogP contribution in [0.15, 0.2) is 48.5 Å². The lowest BCUT2D eigenvalue weighted by atomic mass is 10.1. The van der Waals surface area contributed by atoms with E-state index in [4.69, 9.17) is 24.2 Å². The fraction of sp³-hybridized carbons (Fsp3) is 0.227. The Kier molecular flexibility index (Phi) is 8.27. The van der Waals surface area contributed by atoms with Gasteiger partial charge in [0.2, 0.25) is 0 Å². The van der Waals surface area contributed by atoms with Gasteiger partial charge in [-0.3, -0.25) is 0 Å². The van der Waals surface area contributed by atoms with Crippen LogP contribution in [0.2, 0.25) is 0 Å². The Morgan fingerprint density at radius 2 is 1.83 bits per heavy atom. The van der Waals surface area contributed by atoms with Crippen LogP contribution < -0.4 is 14.2 Å². The van der Waals surface area contributed by atoms with Crippen molar-refractivity contribution in [2.75, 3.05) is 20.3 Å². The maximum absolute atomic E-state index is 12.3. The van der Waals surface area contributed by atoms with E-state index in [1.54, 1.807) is 42.5 Å². The lowest BCUT2D eigenvalue weighted by molar-refractivity contribution is -0.137. The van der Waals surface area contributed by atoms with Crippen LogP contribution in [0.1, 0.15) is 29.3 Å². The molecule has 2 aromatic rings. The summed E-state index contributed by atoms with van der Waals surface area (Å²) in [6.45, 7) is 2.46. The van der Waals surface area contributed by atoms with Crippen LogP contribution in [0.3, 0.4) is 0 Å². The van der Waals surface area contributed by atoms with Gasteiger partial charge in [-0.2, -0.15) is 5.26 Å². The molecule has 150 valence electrons. The maximum atomic E-state index is 12.3. The average molecular weight is 395 g/mol. The molecule has 2 rings (SSSR count). The number of nitriles is 1. The Labute approximate surface area is 169 Å². The molecule has 0 fully saturated rings. The number of carbonyl (C=O) groups is 2. The molecule has 0 aromatic heterocycles. The van der Waals surface area contributed by atoms with Gasteiger partial charge in [0.25, 0.3) is 0 Å². The number of ether oxygens (including phenoxy) is 4. The van der Waals surface area contributed by atoms with Crippen LogP contribution in [0, 0.1) is 11.3 Å². The minimum atomic E-state index is -0.562. The summed E-state index contributed by atoms with van der Waals surface area (Å²) in [5.74, 6) is 0.318. The van der Waals surface area contributed by atoms with Gasteiger partial charge in [-0.25, -0.2) is 9.59 Å². The van der Waals surface area contributed by atoms with E-state index in [2.05, 4.69) is 0 Å². The Bertz CT molecular complexity index is 912. The number of hydrogen-bond acceptors (Lipinski definition) is 7. The summed E-state index contributed by atoms with van der Waals surface area (Å²) in [5, 5.41) is 8.43. The molecule has 0 heterocycles. The summed E-state index contributed by atoms with van der Waals surface area (Å²) >= 11 is 0. The van der Waals surface area contributed by atoms with E-state index in [1.807, 2.05) is 13.0 Å². The molecule has 7 nitrogen and oxygen atoms in total. The zero-order valence-corrected chi connectivity index (χ0v) is 16.2. The van der Waals surface area contributed by atoms with Crippen molar-refractivity contribution in [2.45, 2.75) is 13.3 Å². The summed E-state index contributed by atoms with van der Waals surface area (Å²) in [6, 6.07) is 13.3. The van der Waals surface area contributed by atoms with Gasteiger partial charge in [-0.1, -0.05) is 0 Å². The van der Waals surface area contributed by atoms with Gasteiger partial charge < -0.3 is 18.9 Å². The van der Waals surface area contributed by atoms with E-state index < -0.39 is 11.9 Å². The number of benzene rings is 2. The van der Waals surface area contributed by atoms with Crippen LogP contribution in [-0.4, -0.2) is 32.3 Å². The number of esters is 2. The Hall–Kier alpha value is -3.79. The first-order chi connectivity index (χ1) is 14.1. The second-order valence-corrected chi connectivity index (χ2v) is 5.66. The van der Waals surface area contributed by atoms with Crippen molar-refractivity contribution < 1.29 is 28.5 Å². The highest BCUT2D eigenvalue weighted by Gasteiger charge is 2.11. The normalized spacial score (nSPS) is 10.2. The van der Waals surface area contributed by atoms with Crippen molar-refractivity contribution in [1.29, 1.82) is 5.26 Å². The third kappa shape index (κ3) is 6.70. The van der Waals surface area contributed by atoms with Crippen molar-refractivity contribution in [1.82, 2.24) is 0 Å². The quantitative estimate of drug-likeness (QED) is 0.276. The number of hydrogen-bond donors (Lipinski definition) is 0. The summed E-state index contributed by atoms with van der Waals surface area (Å²) in [6.07, 6.45) is 2.89. The molecular formula is C22H21NO6. The van der Waals surface area contributed by atoms with Crippen LogP contribution in [0.5, 0.6) is 17.2 Å². The molecule has 0 spiro atoms. The second-order valence-electron chi connectivity index (χ2n) is 5.66. The van der Waals surface area contributed by atoms with E-state index in [9.17, 15) is 9.59 Å². The first kappa shape index (κ1) is 21.5. The molecule has 0 aliphatic heterocycles. The molecule has 0 amide bonds. The van der Waals surface area contributed by atoms with Gasteiger partial charge in [-0.05, 0) is 49.4 Å². The summed E-state index contributed by atoms with van der Waals surface area (Å²) in [5.41, 5.74) is 0.988. The number of rotatable bonds is 9. The van der Waals surface area contributed by atoms with E-state index in [1.165, 1.54) is 19.3 Å². The molecule has 2 aromatic carbocycles. The van der Waals surface area contributed by atoms with Crippen LogP contribution in [0.25, 0.3) is 6.08 Å². The van der Waals surface area contributed by atoms with E-state index in [-0.39, 0.29) is 13.0 Å². The first-order valence-electron chi connectivity index (χ1n) is 8.92. The second kappa shape index (κ2) is 11.1. The predicted octanol–water partition coefficient (Wildman–Crippen LogP) is 3.78. The van der Waals surface area contributed by atoms with E-state index in [0.29, 0.717) is 35.0 Å². The number of nitrogens with zero attached hydrogens (tertiary/aromatic N) is 1. The fourth-order valence-electron chi connectivity index (χ4n) is 2.32. The van der Waals surface area contributed by atoms with Crippen molar-refractivity contribution >= 4 is 18.0 Å².